The van der Waals surface area contributed by atoms with Gasteiger partial charge < -0.3 is 39.6 Å². The summed E-state index contributed by atoms with van der Waals surface area (Å²) in [6.07, 6.45) is 17.1. The average molecular weight is 1190 g/mol. The van der Waals surface area contributed by atoms with Crippen LogP contribution in [0.5, 0.6) is 23.0 Å². The van der Waals surface area contributed by atoms with E-state index in [9.17, 15) is 16.8 Å². The van der Waals surface area contributed by atoms with Crippen molar-refractivity contribution < 1.29 is 40.5 Å². The van der Waals surface area contributed by atoms with E-state index in [-0.39, 0.29) is 9.79 Å². The summed E-state index contributed by atoms with van der Waals surface area (Å²) in [5.41, 5.74) is 9.71. The van der Waals surface area contributed by atoms with Crippen LogP contribution in [0.1, 0.15) is 24.5 Å². The number of nitrogens with one attached hydrogen (secondary N) is 4. The van der Waals surface area contributed by atoms with Crippen molar-refractivity contribution in [2.75, 3.05) is 71.2 Å². The second kappa shape index (κ2) is 27.6. The first-order chi connectivity index (χ1) is 41.3. The standard InChI is InChI=1S/C22H23N5O3S.C20H19N5O3S.C18H22N4O3/c1-3-26-31(28,29)19-10-4-16(5-11-19)14-24-21-22-25-15-20(27(22)13-12-23-21)17-6-8-18(30-2)9-7-17;1-28-18-5-3-2-4-16(18)17-13-24-20-19(22-10-11-25(17)20)23-12-14-6-8-15(9-7-14)29(21,26)27;1-23-10-4-7-19-17-18-21-12-14(22(18)9-8-20-17)13-5-6-15(24-2)16(11-13)25-3/h4-13,15,26H,3,14H2,1-2H3,(H,23,24);2-11,13H,12H2,1H3,(H,22,23)(H2,21,26,27);5-6,8-9,11-12H,4,7,10H2,1-3H3,(H,19,20). The fourth-order valence-electron chi connectivity index (χ4n) is 9.02. The molecule has 23 nitrogen and oxygen atoms in total. The smallest absolute Gasteiger partial charge is 0.240 e. The summed E-state index contributed by atoms with van der Waals surface area (Å²) in [4.78, 5) is 27.1. The first-order valence-electron chi connectivity index (χ1n) is 26.6. The van der Waals surface area contributed by atoms with Gasteiger partial charge in [-0.15, -0.1) is 0 Å². The number of benzene rings is 5. The molecule has 0 bridgehead atoms. The van der Waals surface area contributed by atoms with E-state index in [0.29, 0.717) is 60.7 Å². The highest BCUT2D eigenvalue weighted by Gasteiger charge is 2.17. The van der Waals surface area contributed by atoms with Gasteiger partial charge in [0.25, 0.3) is 0 Å². The first kappa shape index (κ1) is 59.9. The Morgan fingerprint density at radius 1 is 0.506 bits per heavy atom. The maximum absolute atomic E-state index is 12.1. The Kier molecular flexibility index (Phi) is 19.5. The van der Waals surface area contributed by atoms with E-state index in [1.165, 1.54) is 12.1 Å². The second-order valence-corrected chi connectivity index (χ2v) is 22.0. The number of primary sulfonamides is 1. The number of fused-ring (bicyclic) bond motifs is 3. The zero-order chi connectivity index (χ0) is 59.9. The van der Waals surface area contributed by atoms with Crippen LogP contribution < -0.4 is 44.8 Å². The largest absolute Gasteiger partial charge is 0.497 e. The average Bonchev–Trinajstić information content (AvgIpc) is 2.71. The fraction of sp³-hybridized carbons (Fsp3) is 0.200. The van der Waals surface area contributed by atoms with E-state index in [4.69, 9.17) is 28.8 Å². The number of hydrogen-bond acceptors (Lipinski definition) is 18. The van der Waals surface area contributed by atoms with Gasteiger partial charge in [-0.25, -0.2) is 56.6 Å². The van der Waals surface area contributed by atoms with Crippen LogP contribution in [0.25, 0.3) is 50.7 Å². The Balaban J connectivity index is 0.000000154. The highest BCUT2D eigenvalue weighted by molar-refractivity contribution is 7.89. The Labute approximate surface area is 492 Å². The molecule has 85 heavy (non-hydrogen) atoms. The van der Waals surface area contributed by atoms with Crippen molar-refractivity contribution in [3.05, 3.63) is 182 Å². The van der Waals surface area contributed by atoms with Crippen LogP contribution in [0.15, 0.2) is 181 Å². The van der Waals surface area contributed by atoms with Gasteiger partial charge in [0.15, 0.2) is 45.9 Å². The van der Waals surface area contributed by atoms with Gasteiger partial charge >= 0.3 is 0 Å². The SMILES string of the molecule is CCNS(=O)(=O)c1ccc(CNc2nccn3c(-c4ccc(OC)cc4)cnc23)cc1.COCCCNc1nccn2c(-c3ccc(OC)c(OC)c3)cnc12.COc1ccccc1-c1cnc2c(NCc3ccc(S(N)(=O)=O)cc3)nccn12. The Hall–Kier alpha value is -9.66. The fourth-order valence-corrected chi connectivity index (χ4v) is 10.6. The van der Waals surface area contributed by atoms with Crippen molar-refractivity contribution in [2.24, 2.45) is 5.14 Å². The molecule has 0 spiro atoms. The number of nitrogens with two attached hydrogens (primary N) is 1. The van der Waals surface area contributed by atoms with Gasteiger partial charge in [-0.1, -0.05) is 43.3 Å². The maximum Gasteiger partial charge on any atom is 0.240 e. The van der Waals surface area contributed by atoms with Gasteiger partial charge in [0, 0.05) is 93.8 Å². The number of ether oxygens (including phenoxy) is 5. The molecule has 11 rings (SSSR count). The Bertz CT molecular complexity index is 4260. The normalized spacial score (nSPS) is 11.3. The summed E-state index contributed by atoms with van der Waals surface area (Å²) in [5.74, 6) is 4.95. The molecule has 6 N–H and O–H groups in total. The van der Waals surface area contributed by atoms with Gasteiger partial charge in [0.1, 0.15) is 11.5 Å². The third kappa shape index (κ3) is 14.2. The van der Waals surface area contributed by atoms with Crippen LogP contribution in [-0.4, -0.2) is 115 Å². The molecule has 0 aliphatic rings. The minimum atomic E-state index is -3.70. The lowest BCUT2D eigenvalue weighted by molar-refractivity contribution is 0.198. The summed E-state index contributed by atoms with van der Waals surface area (Å²) < 4.78 is 81.7. The van der Waals surface area contributed by atoms with Crippen LogP contribution in [0, 0.1) is 0 Å². The minimum absolute atomic E-state index is 0.0798. The molecule has 0 radical (unpaired) electrons. The van der Waals surface area contributed by atoms with Gasteiger partial charge in [-0.2, -0.15) is 0 Å². The highest BCUT2D eigenvalue weighted by atomic mass is 32.2. The minimum Gasteiger partial charge on any atom is -0.497 e. The Morgan fingerprint density at radius 2 is 1.00 bits per heavy atom. The number of imidazole rings is 3. The summed E-state index contributed by atoms with van der Waals surface area (Å²) in [7, 11) is 1.07. The van der Waals surface area contributed by atoms with E-state index in [0.717, 1.165) is 80.8 Å². The molecule has 0 unspecified atom stereocenters. The molecule has 6 aromatic heterocycles. The molecule has 0 fully saturated rings. The number of nitrogens with zero attached hydrogens (tertiary/aromatic N) is 9. The molecule has 0 atom stereocenters. The van der Waals surface area contributed by atoms with Crippen molar-refractivity contribution >= 4 is 54.4 Å². The molecule has 0 saturated carbocycles. The van der Waals surface area contributed by atoms with Crippen LogP contribution in [0.3, 0.4) is 0 Å². The molecule has 0 amide bonds. The second-order valence-electron chi connectivity index (χ2n) is 18.7. The number of rotatable bonds is 22. The number of methoxy groups -OCH3 is 5. The molecular weight excluding hydrogens is 1120 g/mol. The summed E-state index contributed by atoms with van der Waals surface area (Å²) >= 11 is 0. The van der Waals surface area contributed by atoms with Crippen molar-refractivity contribution in [1.82, 2.24) is 47.8 Å². The summed E-state index contributed by atoms with van der Waals surface area (Å²) in [5, 5.41) is 15.0. The molecule has 5 aromatic carbocycles. The number of hydrogen-bond donors (Lipinski definition) is 5. The van der Waals surface area contributed by atoms with Crippen molar-refractivity contribution in [1.29, 1.82) is 0 Å². The number of anilines is 3. The zero-order valence-electron chi connectivity index (χ0n) is 47.5. The van der Waals surface area contributed by atoms with Gasteiger partial charge in [0.05, 0.1) is 73.9 Å². The zero-order valence-corrected chi connectivity index (χ0v) is 49.1. The van der Waals surface area contributed by atoms with E-state index in [1.807, 2.05) is 111 Å². The molecule has 0 aliphatic carbocycles. The monoisotopic (exact) mass is 1190 g/mol. The quantitative estimate of drug-likeness (QED) is 0.0396. The molecule has 6 heterocycles. The van der Waals surface area contributed by atoms with Crippen molar-refractivity contribution in [3.8, 4) is 56.8 Å². The van der Waals surface area contributed by atoms with Gasteiger partial charge in [0.2, 0.25) is 20.0 Å². The van der Waals surface area contributed by atoms with Crippen molar-refractivity contribution in [3.63, 3.8) is 0 Å². The molecule has 11 aromatic rings. The molecule has 25 heteroatoms. The lowest BCUT2D eigenvalue weighted by Gasteiger charge is -2.10. The van der Waals surface area contributed by atoms with Crippen LogP contribution in [-0.2, 0) is 37.9 Å². The van der Waals surface area contributed by atoms with Crippen LogP contribution in [0.2, 0.25) is 0 Å². The van der Waals surface area contributed by atoms with Crippen molar-refractivity contribution in [2.45, 2.75) is 36.2 Å². The lowest BCUT2D eigenvalue weighted by atomic mass is 10.1. The topological polar surface area (TPSA) is 279 Å². The number of sulfonamides is 2. The lowest BCUT2D eigenvalue weighted by Crippen LogP contribution is -2.23. The third-order valence-corrected chi connectivity index (χ3v) is 15.8. The maximum atomic E-state index is 12.1. The third-order valence-electron chi connectivity index (χ3n) is 13.3. The van der Waals surface area contributed by atoms with Crippen LogP contribution in [0.4, 0.5) is 17.5 Å². The van der Waals surface area contributed by atoms with E-state index < -0.39 is 20.0 Å². The van der Waals surface area contributed by atoms with E-state index in [2.05, 4.69) is 50.6 Å². The summed E-state index contributed by atoms with van der Waals surface area (Å²) in [6.45, 7) is 4.52. The van der Waals surface area contributed by atoms with Crippen LogP contribution >= 0.6 is 0 Å². The number of aromatic nitrogens is 9. The highest BCUT2D eigenvalue weighted by Crippen LogP contribution is 2.34. The molecule has 440 valence electrons. The van der Waals surface area contributed by atoms with Gasteiger partial charge in [-0.3, -0.25) is 13.2 Å². The Morgan fingerprint density at radius 3 is 1.52 bits per heavy atom. The first-order valence-corrected chi connectivity index (χ1v) is 29.7. The van der Waals surface area contributed by atoms with Gasteiger partial charge in [-0.05, 0) is 96.4 Å². The van der Waals surface area contributed by atoms with E-state index in [1.54, 1.807) is 104 Å². The molecule has 0 saturated heterocycles. The predicted molar refractivity (Wildman–Crippen MR) is 326 cm³/mol. The molecular formula is C60H64N14O9S2. The summed E-state index contributed by atoms with van der Waals surface area (Å²) in [6, 6.07) is 34.5. The predicted octanol–water partition coefficient (Wildman–Crippen LogP) is 8.84. The number of para-hydroxylation sites is 1. The molecule has 0 aliphatic heterocycles. The van der Waals surface area contributed by atoms with E-state index >= 15 is 0 Å².